The minimum absolute atomic E-state index is 0.568. The van der Waals surface area contributed by atoms with E-state index in [2.05, 4.69) is 6.08 Å². The van der Waals surface area contributed by atoms with Gasteiger partial charge in [-0.3, -0.25) is 4.79 Å². The van der Waals surface area contributed by atoms with Crippen LogP contribution in [-0.2, 0) is 4.79 Å². The van der Waals surface area contributed by atoms with Crippen LogP contribution in [0.1, 0.15) is 0 Å². The Labute approximate surface area is 57.3 Å². The van der Waals surface area contributed by atoms with Crippen molar-refractivity contribution in [2.45, 2.75) is 11.2 Å². The molecule has 1 fully saturated rings. The summed E-state index contributed by atoms with van der Waals surface area (Å²) in [5.41, 5.74) is -3.31. The van der Waals surface area contributed by atoms with Crippen LogP contribution in [0.4, 0.5) is 0 Å². The van der Waals surface area contributed by atoms with Gasteiger partial charge < -0.3 is 10.2 Å². The van der Waals surface area contributed by atoms with Crippen LogP contribution in [0.3, 0.4) is 0 Å². The first-order valence-corrected chi connectivity index (χ1v) is 2.89. The summed E-state index contributed by atoms with van der Waals surface area (Å²) < 4.78 is 0. The molecule has 0 aromatic heterocycles. The van der Waals surface area contributed by atoms with Crippen molar-refractivity contribution >= 4 is 5.78 Å². The van der Waals surface area contributed by atoms with Gasteiger partial charge in [-0.05, 0) is 18.2 Å². The molecule has 10 heavy (non-hydrogen) atoms. The van der Waals surface area contributed by atoms with Gasteiger partial charge in [0.05, 0.1) is 0 Å². The van der Waals surface area contributed by atoms with Crippen molar-refractivity contribution in [1.29, 1.82) is 0 Å². The van der Waals surface area contributed by atoms with Gasteiger partial charge in [-0.1, -0.05) is 6.08 Å². The Morgan fingerprint density at radius 1 is 1.40 bits per heavy atom. The van der Waals surface area contributed by atoms with Crippen LogP contribution in [-0.4, -0.2) is 27.2 Å². The number of fused-ring (bicyclic) bond motifs is 1. The minimum atomic E-state index is -1.66. The van der Waals surface area contributed by atoms with Gasteiger partial charge in [0, 0.05) is 0 Å². The van der Waals surface area contributed by atoms with Crippen molar-refractivity contribution < 1.29 is 15.0 Å². The highest BCUT2D eigenvalue weighted by Crippen LogP contribution is 2.46. The van der Waals surface area contributed by atoms with Crippen molar-refractivity contribution in [2.75, 3.05) is 0 Å². The molecule has 0 heterocycles. The summed E-state index contributed by atoms with van der Waals surface area (Å²) in [6.45, 7) is 0. The van der Waals surface area contributed by atoms with E-state index in [1.165, 1.54) is 18.2 Å². The fraction of sp³-hybridized carbons (Fsp3) is 0.286. The lowest BCUT2D eigenvalue weighted by molar-refractivity contribution is -0.116. The minimum Gasteiger partial charge on any atom is -0.374 e. The Kier molecular flexibility index (Phi) is 0.720. The van der Waals surface area contributed by atoms with Gasteiger partial charge in [-0.15, -0.1) is 0 Å². The van der Waals surface area contributed by atoms with Gasteiger partial charge in [-0.2, -0.15) is 0 Å². The topological polar surface area (TPSA) is 57.5 Å². The van der Waals surface area contributed by atoms with E-state index >= 15 is 0 Å². The number of allylic oxidation sites excluding steroid dienone is 2. The molecule has 0 amide bonds. The van der Waals surface area contributed by atoms with Gasteiger partial charge in [0.25, 0.3) is 0 Å². The van der Waals surface area contributed by atoms with E-state index in [9.17, 15) is 15.0 Å². The molecular formula is C7H5O3. The first-order valence-electron chi connectivity index (χ1n) is 2.89. The summed E-state index contributed by atoms with van der Waals surface area (Å²) in [6, 6.07) is 0. The second-order valence-corrected chi connectivity index (χ2v) is 2.51. The Morgan fingerprint density at radius 3 is 2.50 bits per heavy atom. The maximum absolute atomic E-state index is 10.7. The number of ketones is 1. The number of carbonyl (C=O) groups is 1. The Morgan fingerprint density at radius 2 is 2.10 bits per heavy atom. The van der Waals surface area contributed by atoms with Gasteiger partial charge in [0.15, 0.2) is 11.2 Å². The SMILES string of the molecule is O=C1C2(O)C=[C]C=CC12O. The van der Waals surface area contributed by atoms with Crippen molar-refractivity contribution in [3.63, 3.8) is 0 Å². The molecule has 0 aromatic rings. The molecule has 2 N–H and O–H groups in total. The van der Waals surface area contributed by atoms with E-state index in [-0.39, 0.29) is 0 Å². The lowest BCUT2D eigenvalue weighted by atomic mass is 10.1. The summed E-state index contributed by atoms with van der Waals surface area (Å²) in [5.74, 6) is -0.568. The number of rotatable bonds is 0. The van der Waals surface area contributed by atoms with E-state index in [4.69, 9.17) is 0 Å². The molecule has 2 unspecified atom stereocenters. The zero-order valence-corrected chi connectivity index (χ0v) is 5.03. The fourth-order valence-electron chi connectivity index (χ4n) is 1.11. The predicted molar refractivity (Wildman–Crippen MR) is 31.9 cm³/mol. The standard InChI is InChI=1S/C7H5O3/c8-5-6(9)3-1-2-4-7(5,6)10/h1,3-4,9-10H. The number of hydrogen-bond donors (Lipinski definition) is 2. The highest BCUT2D eigenvalue weighted by atomic mass is 16.4. The molecule has 2 aliphatic carbocycles. The summed E-state index contributed by atoms with van der Waals surface area (Å²) in [7, 11) is 0. The third-order valence-corrected chi connectivity index (χ3v) is 1.92. The highest BCUT2D eigenvalue weighted by molar-refractivity contribution is 6.18. The highest BCUT2D eigenvalue weighted by Gasteiger charge is 2.75. The van der Waals surface area contributed by atoms with Gasteiger partial charge >= 0.3 is 0 Å². The first-order chi connectivity index (χ1) is 4.61. The van der Waals surface area contributed by atoms with E-state index in [1.807, 2.05) is 0 Å². The van der Waals surface area contributed by atoms with Crippen LogP contribution in [0.5, 0.6) is 0 Å². The Hall–Kier alpha value is -0.930. The molecule has 0 spiro atoms. The number of aliphatic hydroxyl groups is 2. The third kappa shape index (κ3) is 0.355. The zero-order valence-electron chi connectivity index (χ0n) is 5.03. The largest absolute Gasteiger partial charge is 0.374 e. The average molecular weight is 137 g/mol. The molecular weight excluding hydrogens is 132 g/mol. The fourth-order valence-corrected chi connectivity index (χ4v) is 1.11. The number of carbonyl (C=O) groups excluding carboxylic acids is 1. The Balaban J connectivity index is 2.53. The van der Waals surface area contributed by atoms with Crippen LogP contribution < -0.4 is 0 Å². The molecule has 1 radical (unpaired) electrons. The predicted octanol–water partition coefficient (Wildman–Crippen LogP) is -1.04. The molecule has 2 aliphatic rings. The van der Waals surface area contributed by atoms with Gasteiger partial charge in [-0.25, -0.2) is 0 Å². The molecule has 2 rings (SSSR count). The van der Waals surface area contributed by atoms with Crippen LogP contribution in [0, 0.1) is 6.08 Å². The zero-order chi connectivity index (χ0) is 7.41. The van der Waals surface area contributed by atoms with E-state index in [0.29, 0.717) is 0 Å². The maximum Gasteiger partial charge on any atom is 0.211 e. The lowest BCUT2D eigenvalue weighted by Crippen LogP contribution is -2.22. The van der Waals surface area contributed by atoms with E-state index in [1.54, 1.807) is 0 Å². The van der Waals surface area contributed by atoms with Gasteiger partial charge in [0.1, 0.15) is 0 Å². The van der Waals surface area contributed by atoms with E-state index < -0.39 is 17.0 Å². The molecule has 3 heteroatoms. The maximum atomic E-state index is 10.7. The molecule has 2 atom stereocenters. The lowest BCUT2D eigenvalue weighted by Gasteiger charge is -2.06. The molecule has 0 bridgehead atoms. The normalized spacial score (nSPS) is 49.2. The van der Waals surface area contributed by atoms with Crippen LogP contribution in [0.2, 0.25) is 0 Å². The molecule has 0 aromatic carbocycles. The molecule has 0 saturated heterocycles. The van der Waals surface area contributed by atoms with Crippen LogP contribution in [0.15, 0.2) is 18.2 Å². The number of Topliss-reactive ketones (excluding diaryl/α,β-unsaturated/α-hetero) is 1. The monoisotopic (exact) mass is 137 g/mol. The molecule has 51 valence electrons. The molecule has 1 saturated carbocycles. The second-order valence-electron chi connectivity index (χ2n) is 2.51. The van der Waals surface area contributed by atoms with Gasteiger partial charge in [0.2, 0.25) is 5.78 Å². The summed E-state index contributed by atoms with van der Waals surface area (Å²) in [5, 5.41) is 18.4. The van der Waals surface area contributed by atoms with Crippen LogP contribution in [0.25, 0.3) is 0 Å². The quantitative estimate of drug-likeness (QED) is 0.448. The average Bonchev–Trinajstić information content (AvgIpc) is 2.35. The van der Waals surface area contributed by atoms with Crippen molar-refractivity contribution in [3.05, 3.63) is 24.3 Å². The molecule has 0 aliphatic heterocycles. The summed E-state index contributed by atoms with van der Waals surface area (Å²) in [6.07, 6.45) is 6.37. The van der Waals surface area contributed by atoms with Crippen molar-refractivity contribution in [3.8, 4) is 0 Å². The Bertz CT molecular complexity index is 240. The van der Waals surface area contributed by atoms with Crippen LogP contribution >= 0.6 is 0 Å². The summed E-state index contributed by atoms with van der Waals surface area (Å²) >= 11 is 0. The van der Waals surface area contributed by atoms with E-state index in [0.717, 1.165) is 0 Å². The third-order valence-electron chi connectivity index (χ3n) is 1.92. The first kappa shape index (κ1) is 5.82. The second kappa shape index (κ2) is 1.24. The smallest absolute Gasteiger partial charge is 0.211 e. The van der Waals surface area contributed by atoms with Crippen molar-refractivity contribution in [2.24, 2.45) is 0 Å². The number of hydrogen-bond acceptors (Lipinski definition) is 3. The summed E-state index contributed by atoms with van der Waals surface area (Å²) in [4.78, 5) is 10.7. The molecule has 3 nitrogen and oxygen atoms in total. The van der Waals surface area contributed by atoms with Crippen molar-refractivity contribution in [1.82, 2.24) is 0 Å².